The zero-order valence-electron chi connectivity index (χ0n) is 10.1. The lowest BCUT2D eigenvalue weighted by molar-refractivity contribution is -0.133. The van der Waals surface area contributed by atoms with Crippen LogP contribution in [0.2, 0.25) is 0 Å². The van der Waals surface area contributed by atoms with Gasteiger partial charge >= 0.3 is 6.09 Å². The number of hydrogen-bond donors (Lipinski definition) is 1. The second kappa shape index (κ2) is 3.90. The monoisotopic (exact) mass is 226 g/mol. The lowest BCUT2D eigenvalue weighted by atomic mass is 9.77. The van der Waals surface area contributed by atoms with Crippen molar-refractivity contribution in [2.45, 2.75) is 19.9 Å². The van der Waals surface area contributed by atoms with Crippen molar-refractivity contribution >= 4 is 11.9 Å². The van der Waals surface area contributed by atoms with E-state index in [1.807, 2.05) is 0 Å². The van der Waals surface area contributed by atoms with Crippen molar-refractivity contribution in [3.63, 3.8) is 0 Å². The Balaban J connectivity index is 3.11. The lowest BCUT2D eigenvalue weighted by Crippen LogP contribution is -2.58. The molecule has 1 N–H and O–H groups in total. The van der Waals surface area contributed by atoms with E-state index in [1.165, 1.54) is 0 Å². The molecule has 0 aromatic rings. The maximum Gasteiger partial charge on any atom is 0.411 e. The van der Waals surface area contributed by atoms with Gasteiger partial charge in [0.05, 0.1) is 18.0 Å². The first-order chi connectivity index (χ1) is 7.19. The van der Waals surface area contributed by atoms with Crippen LogP contribution in [0.4, 0.5) is 4.79 Å². The Bertz CT molecular complexity index is 347. The maximum atomic E-state index is 12.1. The Morgan fingerprint density at radius 2 is 2.06 bits per heavy atom. The minimum atomic E-state index is -1.06. The van der Waals surface area contributed by atoms with E-state index in [9.17, 15) is 9.59 Å². The van der Waals surface area contributed by atoms with Crippen LogP contribution in [0.15, 0.2) is 12.3 Å². The predicted molar refractivity (Wildman–Crippen MR) is 60.1 cm³/mol. The van der Waals surface area contributed by atoms with E-state index < -0.39 is 17.6 Å². The van der Waals surface area contributed by atoms with Gasteiger partial charge in [0.15, 0.2) is 5.78 Å². The molecule has 5 heteroatoms. The van der Waals surface area contributed by atoms with E-state index in [-0.39, 0.29) is 12.3 Å². The second-order valence-electron chi connectivity index (χ2n) is 4.81. The van der Waals surface area contributed by atoms with Crippen LogP contribution in [0.1, 0.15) is 13.8 Å². The fourth-order valence-corrected chi connectivity index (χ4v) is 1.85. The highest BCUT2D eigenvalue weighted by Crippen LogP contribution is 2.35. The number of piperidine rings is 1. The standard InChI is InChI=1S/C11H18N2O3/c1-7-11(2,3)9(14)8(12(4)5)6-13(7)10(15)16/h8H,1,6H2,2-5H3,(H,15,16). The number of likely N-dealkylation sites (tertiary alicyclic amines) is 1. The van der Waals surface area contributed by atoms with Gasteiger partial charge in [0.25, 0.3) is 0 Å². The molecule has 1 heterocycles. The number of carboxylic acid groups (broad SMARTS) is 1. The van der Waals surface area contributed by atoms with Gasteiger partial charge in [-0.2, -0.15) is 0 Å². The SMILES string of the molecule is C=C1N(C(=O)O)CC(N(C)C)C(=O)C1(C)C. The molecule has 0 spiro atoms. The largest absolute Gasteiger partial charge is 0.465 e. The molecule has 0 aromatic heterocycles. The average Bonchev–Trinajstić information content (AvgIpc) is 2.14. The van der Waals surface area contributed by atoms with Crippen LogP contribution < -0.4 is 0 Å². The number of amides is 1. The Morgan fingerprint density at radius 1 is 1.56 bits per heavy atom. The van der Waals surface area contributed by atoms with Crippen LogP contribution in [-0.2, 0) is 4.79 Å². The van der Waals surface area contributed by atoms with Crippen molar-refractivity contribution in [3.05, 3.63) is 12.3 Å². The third-order valence-electron chi connectivity index (χ3n) is 3.18. The van der Waals surface area contributed by atoms with E-state index in [4.69, 9.17) is 5.11 Å². The highest BCUT2D eigenvalue weighted by atomic mass is 16.4. The van der Waals surface area contributed by atoms with Crippen LogP contribution in [-0.4, -0.2) is 53.5 Å². The molecular formula is C11H18N2O3. The topological polar surface area (TPSA) is 60.9 Å². The van der Waals surface area contributed by atoms with E-state index in [0.717, 1.165) is 4.90 Å². The number of nitrogens with zero attached hydrogens (tertiary/aromatic N) is 2. The molecule has 0 aromatic carbocycles. The number of likely N-dealkylation sites (N-methyl/N-ethyl adjacent to an activating group) is 1. The van der Waals surface area contributed by atoms with E-state index in [2.05, 4.69) is 6.58 Å². The Hall–Kier alpha value is -1.36. The minimum absolute atomic E-state index is 0.0139. The van der Waals surface area contributed by atoms with Crippen molar-refractivity contribution in [2.24, 2.45) is 5.41 Å². The van der Waals surface area contributed by atoms with Crippen LogP contribution >= 0.6 is 0 Å². The molecule has 1 fully saturated rings. The van der Waals surface area contributed by atoms with Gasteiger partial charge < -0.3 is 5.11 Å². The molecule has 1 aliphatic rings. The molecule has 0 saturated carbocycles. The second-order valence-corrected chi connectivity index (χ2v) is 4.81. The van der Waals surface area contributed by atoms with Crippen molar-refractivity contribution < 1.29 is 14.7 Å². The highest BCUT2D eigenvalue weighted by Gasteiger charge is 2.46. The van der Waals surface area contributed by atoms with Crippen LogP contribution in [0.3, 0.4) is 0 Å². The number of carbonyl (C=O) groups excluding carboxylic acids is 1. The summed E-state index contributed by atoms with van der Waals surface area (Å²) in [6.45, 7) is 7.30. The summed E-state index contributed by atoms with van der Waals surface area (Å²) < 4.78 is 0. The zero-order valence-corrected chi connectivity index (χ0v) is 10.1. The number of Topliss-reactive ketones (excluding diaryl/α,β-unsaturated/α-hetero) is 1. The van der Waals surface area contributed by atoms with Gasteiger partial charge in [0.2, 0.25) is 0 Å². The Morgan fingerprint density at radius 3 is 2.44 bits per heavy atom. The summed E-state index contributed by atoms with van der Waals surface area (Å²) >= 11 is 0. The van der Waals surface area contributed by atoms with E-state index in [1.54, 1.807) is 32.8 Å². The minimum Gasteiger partial charge on any atom is -0.465 e. The molecule has 5 nitrogen and oxygen atoms in total. The van der Waals surface area contributed by atoms with Crippen molar-refractivity contribution in [2.75, 3.05) is 20.6 Å². The molecule has 0 aliphatic carbocycles. The number of ketones is 1. The molecule has 0 bridgehead atoms. The van der Waals surface area contributed by atoms with E-state index in [0.29, 0.717) is 5.70 Å². The molecule has 16 heavy (non-hydrogen) atoms. The molecule has 1 unspecified atom stereocenters. The zero-order chi connectivity index (χ0) is 12.7. The summed E-state index contributed by atoms with van der Waals surface area (Å²) in [5, 5.41) is 9.06. The van der Waals surface area contributed by atoms with Gasteiger partial charge in [0.1, 0.15) is 0 Å². The number of carbonyl (C=O) groups is 2. The van der Waals surface area contributed by atoms with Gasteiger partial charge in [-0.3, -0.25) is 14.6 Å². The molecule has 1 rings (SSSR count). The summed E-state index contributed by atoms with van der Waals surface area (Å²) in [4.78, 5) is 26.1. The summed E-state index contributed by atoms with van der Waals surface area (Å²) in [6.07, 6.45) is -1.06. The molecular weight excluding hydrogens is 208 g/mol. The van der Waals surface area contributed by atoms with Crippen LogP contribution in [0.25, 0.3) is 0 Å². The fraction of sp³-hybridized carbons (Fsp3) is 0.636. The normalized spacial score (nSPS) is 25.1. The Kier molecular flexibility index (Phi) is 3.10. The van der Waals surface area contributed by atoms with Crippen LogP contribution in [0.5, 0.6) is 0 Å². The van der Waals surface area contributed by atoms with Gasteiger partial charge in [-0.25, -0.2) is 4.79 Å². The molecule has 0 radical (unpaired) electrons. The fourth-order valence-electron chi connectivity index (χ4n) is 1.85. The summed E-state index contributed by atoms with van der Waals surface area (Å²) in [6, 6.07) is -0.406. The summed E-state index contributed by atoms with van der Waals surface area (Å²) in [5.41, 5.74) is -0.478. The maximum absolute atomic E-state index is 12.1. The third kappa shape index (κ3) is 1.82. The smallest absolute Gasteiger partial charge is 0.411 e. The van der Waals surface area contributed by atoms with Crippen molar-refractivity contribution in [1.29, 1.82) is 0 Å². The number of rotatable bonds is 1. The Labute approximate surface area is 95.3 Å². The third-order valence-corrected chi connectivity index (χ3v) is 3.18. The first-order valence-electron chi connectivity index (χ1n) is 5.10. The molecule has 1 atom stereocenters. The van der Waals surface area contributed by atoms with Crippen LogP contribution in [0, 0.1) is 5.41 Å². The van der Waals surface area contributed by atoms with Gasteiger partial charge in [-0.15, -0.1) is 0 Å². The highest BCUT2D eigenvalue weighted by molar-refractivity contribution is 5.94. The van der Waals surface area contributed by atoms with Crippen molar-refractivity contribution in [3.8, 4) is 0 Å². The quantitative estimate of drug-likeness (QED) is 0.725. The molecule has 1 aliphatic heterocycles. The van der Waals surface area contributed by atoms with Gasteiger partial charge in [-0.1, -0.05) is 6.58 Å². The summed E-state index contributed by atoms with van der Waals surface area (Å²) in [5.74, 6) is 0.0139. The van der Waals surface area contributed by atoms with Gasteiger partial charge in [-0.05, 0) is 27.9 Å². The summed E-state index contributed by atoms with van der Waals surface area (Å²) in [7, 11) is 3.54. The first kappa shape index (κ1) is 12.7. The first-order valence-corrected chi connectivity index (χ1v) is 5.10. The predicted octanol–water partition coefficient (Wildman–Crippen LogP) is 1.02. The molecule has 1 saturated heterocycles. The number of allylic oxidation sites excluding steroid dienone is 1. The number of hydrogen-bond acceptors (Lipinski definition) is 3. The van der Waals surface area contributed by atoms with E-state index >= 15 is 0 Å². The average molecular weight is 226 g/mol. The van der Waals surface area contributed by atoms with Crippen molar-refractivity contribution in [1.82, 2.24) is 9.80 Å². The molecule has 90 valence electrons. The van der Waals surface area contributed by atoms with Gasteiger partial charge in [0, 0.05) is 5.70 Å². The molecule has 1 amide bonds. The lowest BCUT2D eigenvalue weighted by Gasteiger charge is -2.43.